The number of esters is 1. The zero-order chi connectivity index (χ0) is 35.6. The lowest BCUT2D eigenvalue weighted by Gasteiger charge is -2.20. The van der Waals surface area contributed by atoms with Gasteiger partial charge in [-0.3, -0.25) is 18.6 Å². The van der Waals surface area contributed by atoms with Crippen LogP contribution >= 0.6 is 7.82 Å². The first-order valence-corrected chi connectivity index (χ1v) is 20.4. The lowest BCUT2D eigenvalue weighted by molar-refractivity contribution is -0.154. The largest absolute Gasteiger partial charge is 0.480 e. The first-order chi connectivity index (χ1) is 23.2. The fourth-order valence-corrected chi connectivity index (χ4v) is 5.75. The minimum Gasteiger partial charge on any atom is -0.480 e. The lowest BCUT2D eigenvalue weighted by atomic mass is 10.1. The van der Waals surface area contributed by atoms with E-state index in [1.165, 1.54) is 70.6 Å². The summed E-state index contributed by atoms with van der Waals surface area (Å²) in [6, 6.07) is -1.47. The standard InChI is InChI=1S/C37H70NO9P/c1-3-5-7-9-11-13-15-17-18-19-21-23-25-27-29-36(39)47-34(32-45-48(42,43)46-33-35(38)37(40)41)31-44-30-28-26-24-22-20-16-14-12-10-8-6-4-2/h9,11,15,17,34-35H,3-8,10,12-14,16,18-33,38H2,1-2H3,(H,40,41)(H,42,43)/b11-9-,17-15-. The molecule has 0 aliphatic heterocycles. The summed E-state index contributed by atoms with van der Waals surface area (Å²) in [6.45, 7) is 3.81. The van der Waals surface area contributed by atoms with E-state index < -0.39 is 45.1 Å². The minimum atomic E-state index is -4.61. The molecule has 0 rings (SSSR count). The highest BCUT2D eigenvalue weighted by Crippen LogP contribution is 2.43. The number of allylic oxidation sites excluding steroid dienone is 4. The molecule has 0 aromatic rings. The normalized spacial score (nSPS) is 14.4. The van der Waals surface area contributed by atoms with Gasteiger partial charge < -0.3 is 25.2 Å². The van der Waals surface area contributed by atoms with Crippen LogP contribution in [0.15, 0.2) is 24.3 Å². The van der Waals surface area contributed by atoms with E-state index in [0.717, 1.165) is 64.2 Å². The van der Waals surface area contributed by atoms with E-state index in [9.17, 15) is 19.0 Å². The predicted octanol–water partition coefficient (Wildman–Crippen LogP) is 9.58. The molecular weight excluding hydrogens is 633 g/mol. The maximum absolute atomic E-state index is 12.5. The van der Waals surface area contributed by atoms with E-state index in [1.807, 2.05) is 0 Å². The van der Waals surface area contributed by atoms with Crippen LogP contribution in [0, 0.1) is 0 Å². The molecule has 0 radical (unpaired) electrons. The molecule has 3 atom stereocenters. The number of rotatable bonds is 36. The molecule has 4 N–H and O–H groups in total. The van der Waals surface area contributed by atoms with Crippen molar-refractivity contribution >= 4 is 19.8 Å². The van der Waals surface area contributed by atoms with E-state index in [1.54, 1.807) is 0 Å². The van der Waals surface area contributed by atoms with E-state index >= 15 is 0 Å². The molecule has 0 heterocycles. The van der Waals surface area contributed by atoms with Gasteiger partial charge in [-0.1, -0.05) is 141 Å². The smallest absolute Gasteiger partial charge is 0.472 e. The molecule has 0 amide bonds. The van der Waals surface area contributed by atoms with E-state index in [4.69, 9.17) is 24.8 Å². The number of carbonyl (C=O) groups is 2. The van der Waals surface area contributed by atoms with Gasteiger partial charge in [0.15, 0.2) is 0 Å². The molecule has 0 aliphatic rings. The van der Waals surface area contributed by atoms with Gasteiger partial charge >= 0.3 is 19.8 Å². The number of carbonyl (C=O) groups excluding carboxylic acids is 1. The second kappa shape index (κ2) is 33.9. The predicted molar refractivity (Wildman–Crippen MR) is 194 cm³/mol. The van der Waals surface area contributed by atoms with Gasteiger partial charge in [0.05, 0.1) is 19.8 Å². The highest BCUT2D eigenvalue weighted by Gasteiger charge is 2.27. The number of aliphatic carboxylic acids is 1. The maximum atomic E-state index is 12.5. The minimum absolute atomic E-state index is 0.0143. The Morgan fingerprint density at radius 1 is 0.667 bits per heavy atom. The summed E-state index contributed by atoms with van der Waals surface area (Å²) in [5, 5.41) is 8.86. The van der Waals surface area contributed by atoms with Crippen LogP contribution in [0.1, 0.15) is 162 Å². The Hall–Kier alpha value is -1.55. The number of hydrogen-bond acceptors (Lipinski definition) is 8. The van der Waals surface area contributed by atoms with Crippen LogP contribution in [-0.2, 0) is 32.7 Å². The molecule has 0 aromatic heterocycles. The molecule has 11 heteroatoms. The third-order valence-electron chi connectivity index (χ3n) is 7.98. The summed E-state index contributed by atoms with van der Waals surface area (Å²) in [5.74, 6) is -1.79. The number of nitrogens with two attached hydrogens (primary N) is 1. The van der Waals surface area contributed by atoms with Gasteiger partial charge in [0.25, 0.3) is 0 Å². The summed E-state index contributed by atoms with van der Waals surface area (Å²) in [5.41, 5.74) is 5.33. The number of phosphoric ester groups is 1. The van der Waals surface area contributed by atoms with Crippen LogP contribution < -0.4 is 5.73 Å². The van der Waals surface area contributed by atoms with Crippen molar-refractivity contribution in [2.45, 2.75) is 174 Å². The average Bonchev–Trinajstić information content (AvgIpc) is 3.06. The molecule has 0 saturated heterocycles. The SMILES string of the molecule is CCCC/C=C\C/C=C\CCCCCCCC(=O)OC(COCCCCCCCCCCCCCC)COP(=O)(O)OCC(N)C(=O)O. The summed E-state index contributed by atoms with van der Waals surface area (Å²) in [4.78, 5) is 33.3. The summed E-state index contributed by atoms with van der Waals surface area (Å²) < 4.78 is 33.2. The fraction of sp³-hybridized carbons (Fsp3) is 0.838. The molecule has 0 aliphatic carbocycles. The highest BCUT2D eigenvalue weighted by atomic mass is 31.2. The molecule has 0 bridgehead atoms. The van der Waals surface area contributed by atoms with Crippen LogP contribution in [-0.4, -0.2) is 60.5 Å². The third-order valence-corrected chi connectivity index (χ3v) is 8.93. The zero-order valence-corrected chi connectivity index (χ0v) is 31.2. The number of carboxylic acid groups (broad SMARTS) is 1. The van der Waals surface area contributed by atoms with E-state index in [2.05, 4.69) is 42.7 Å². The van der Waals surface area contributed by atoms with Crippen molar-refractivity contribution in [2.24, 2.45) is 5.73 Å². The average molecular weight is 704 g/mol. The first kappa shape index (κ1) is 46.5. The maximum Gasteiger partial charge on any atom is 0.472 e. The van der Waals surface area contributed by atoms with Gasteiger partial charge in [0.1, 0.15) is 12.1 Å². The first-order valence-electron chi connectivity index (χ1n) is 18.9. The molecule has 0 aromatic carbocycles. The van der Waals surface area contributed by atoms with Gasteiger partial charge in [0, 0.05) is 13.0 Å². The van der Waals surface area contributed by atoms with Gasteiger partial charge in [-0.05, 0) is 38.5 Å². The van der Waals surface area contributed by atoms with Crippen LogP contribution in [0.2, 0.25) is 0 Å². The van der Waals surface area contributed by atoms with Crippen LogP contribution in [0.5, 0.6) is 0 Å². The molecule has 10 nitrogen and oxygen atoms in total. The van der Waals surface area contributed by atoms with E-state index in [0.29, 0.717) is 13.0 Å². The second-order valence-electron chi connectivity index (χ2n) is 12.7. The van der Waals surface area contributed by atoms with Crippen LogP contribution in [0.25, 0.3) is 0 Å². The van der Waals surface area contributed by atoms with Gasteiger partial charge in [0.2, 0.25) is 0 Å². The number of ether oxygens (including phenoxy) is 2. The molecule has 0 saturated carbocycles. The molecule has 282 valence electrons. The van der Waals surface area contributed by atoms with Gasteiger partial charge in [-0.15, -0.1) is 0 Å². The van der Waals surface area contributed by atoms with E-state index in [-0.39, 0.29) is 13.0 Å². The number of hydrogen-bond donors (Lipinski definition) is 3. The third kappa shape index (κ3) is 33.0. The van der Waals surface area contributed by atoms with Crippen LogP contribution in [0.3, 0.4) is 0 Å². The number of phosphoric acid groups is 1. The Morgan fingerprint density at radius 3 is 1.75 bits per heavy atom. The van der Waals surface area contributed by atoms with Crippen molar-refractivity contribution < 1.29 is 42.7 Å². The molecule has 0 fully saturated rings. The fourth-order valence-electron chi connectivity index (χ4n) is 4.97. The topological polar surface area (TPSA) is 155 Å². The van der Waals surface area contributed by atoms with Crippen molar-refractivity contribution in [2.75, 3.05) is 26.4 Å². The zero-order valence-electron chi connectivity index (χ0n) is 30.3. The number of carboxylic acids is 1. The summed E-state index contributed by atoms with van der Waals surface area (Å²) in [7, 11) is -4.61. The van der Waals surface area contributed by atoms with Crippen molar-refractivity contribution in [3.63, 3.8) is 0 Å². The van der Waals surface area contributed by atoms with Crippen molar-refractivity contribution in [1.82, 2.24) is 0 Å². The number of unbranched alkanes of at least 4 members (excludes halogenated alkanes) is 18. The van der Waals surface area contributed by atoms with Gasteiger partial charge in [-0.25, -0.2) is 4.57 Å². The monoisotopic (exact) mass is 703 g/mol. The van der Waals surface area contributed by atoms with Crippen molar-refractivity contribution in [3.8, 4) is 0 Å². The molecule has 0 spiro atoms. The molecular formula is C37H70NO9P. The quantitative estimate of drug-likeness (QED) is 0.0249. The second-order valence-corrected chi connectivity index (χ2v) is 14.2. The van der Waals surface area contributed by atoms with Crippen LogP contribution in [0.4, 0.5) is 0 Å². The Morgan fingerprint density at radius 2 is 1.17 bits per heavy atom. The molecule has 3 unspecified atom stereocenters. The Balaban J connectivity index is 4.33. The lowest BCUT2D eigenvalue weighted by Crippen LogP contribution is -2.34. The molecule has 48 heavy (non-hydrogen) atoms. The van der Waals surface area contributed by atoms with Crippen molar-refractivity contribution in [1.29, 1.82) is 0 Å². The summed E-state index contributed by atoms with van der Waals surface area (Å²) >= 11 is 0. The Kier molecular flexibility index (Phi) is 32.8. The van der Waals surface area contributed by atoms with Gasteiger partial charge in [-0.2, -0.15) is 0 Å². The highest BCUT2D eigenvalue weighted by molar-refractivity contribution is 7.47. The Bertz CT molecular complexity index is 868. The Labute approximate surface area is 292 Å². The van der Waals surface area contributed by atoms with Crippen molar-refractivity contribution in [3.05, 3.63) is 24.3 Å². The summed E-state index contributed by atoms with van der Waals surface area (Å²) in [6.07, 6.45) is 33.7.